The highest BCUT2D eigenvalue weighted by atomic mass is 79.9. The van der Waals surface area contributed by atoms with Crippen LogP contribution in [-0.2, 0) is 26.3 Å². The molecule has 140 valence electrons. The molecule has 1 aliphatic rings. The van der Waals surface area contributed by atoms with Crippen LogP contribution in [0.3, 0.4) is 0 Å². The molecule has 2 atom stereocenters. The van der Waals surface area contributed by atoms with Gasteiger partial charge in [0, 0.05) is 12.5 Å². The van der Waals surface area contributed by atoms with Crippen LogP contribution in [0.25, 0.3) is 0 Å². The summed E-state index contributed by atoms with van der Waals surface area (Å²) in [6.07, 6.45) is 0. The van der Waals surface area contributed by atoms with E-state index in [0.29, 0.717) is 20.1 Å². The molecule has 1 aromatic rings. The Labute approximate surface area is 158 Å². The highest BCUT2D eigenvalue weighted by molar-refractivity contribution is 9.10. The van der Waals surface area contributed by atoms with Crippen molar-refractivity contribution in [2.45, 2.75) is 44.5 Å². The van der Waals surface area contributed by atoms with Gasteiger partial charge in [0.15, 0.2) is 0 Å². The van der Waals surface area contributed by atoms with Crippen molar-refractivity contribution in [1.29, 1.82) is 0 Å². The van der Waals surface area contributed by atoms with Crippen LogP contribution >= 0.6 is 15.9 Å². The Kier molecular flexibility index (Phi) is 6.15. The topological polar surface area (TPSA) is 83.9 Å². The first-order chi connectivity index (χ1) is 11.5. The molecule has 2 rings (SSSR count). The smallest absolute Gasteiger partial charge is 0.268 e. The Morgan fingerprint density at radius 1 is 1.32 bits per heavy atom. The molecule has 0 aliphatic carbocycles. The van der Waals surface area contributed by atoms with Gasteiger partial charge in [0.2, 0.25) is 0 Å². The number of hydrogen-bond donors (Lipinski definition) is 1. The summed E-state index contributed by atoms with van der Waals surface area (Å²) in [5.41, 5.74) is 1.16. The molecule has 1 saturated heterocycles. The number of amides is 1. The molecule has 25 heavy (non-hydrogen) atoms. The summed E-state index contributed by atoms with van der Waals surface area (Å²) in [5.74, 6) is -1.29. The number of carbonyl (C=O) groups is 1. The zero-order valence-electron chi connectivity index (χ0n) is 14.8. The number of rotatable bonds is 6. The standard InChI is InChI=1S/C16H24BrNO5SSi/c1-11-15(13-6-5-12(10-19)9-14(13)17)24(21,22)18(16(11)20)23-7-8-25(2,3)4/h5-6,9,11,15,19H,7-8,10H2,1-4H3. The van der Waals surface area contributed by atoms with Crippen LogP contribution in [0.4, 0.5) is 0 Å². The first kappa shape index (κ1) is 20.6. The van der Waals surface area contributed by atoms with Crippen LogP contribution in [0.2, 0.25) is 25.7 Å². The van der Waals surface area contributed by atoms with Crippen molar-refractivity contribution in [2.75, 3.05) is 6.61 Å². The van der Waals surface area contributed by atoms with Crippen molar-refractivity contribution >= 4 is 39.9 Å². The van der Waals surface area contributed by atoms with E-state index in [2.05, 4.69) is 35.6 Å². The lowest BCUT2D eigenvalue weighted by Gasteiger charge is -2.20. The molecule has 6 nitrogen and oxygen atoms in total. The molecule has 0 bridgehead atoms. The van der Waals surface area contributed by atoms with E-state index in [-0.39, 0.29) is 13.2 Å². The number of carbonyl (C=O) groups excluding carboxylic acids is 1. The minimum atomic E-state index is -3.95. The second-order valence-electron chi connectivity index (χ2n) is 7.48. The summed E-state index contributed by atoms with van der Waals surface area (Å²) >= 11 is 3.36. The molecule has 1 aliphatic heterocycles. The molecule has 2 unspecified atom stereocenters. The van der Waals surface area contributed by atoms with Crippen LogP contribution in [0, 0.1) is 5.92 Å². The Morgan fingerprint density at radius 2 is 1.96 bits per heavy atom. The maximum absolute atomic E-state index is 12.9. The summed E-state index contributed by atoms with van der Waals surface area (Å²) in [6, 6.07) is 5.71. The molecule has 0 spiro atoms. The summed E-state index contributed by atoms with van der Waals surface area (Å²) in [6.45, 7) is 8.13. The Morgan fingerprint density at radius 3 is 2.48 bits per heavy atom. The van der Waals surface area contributed by atoms with E-state index >= 15 is 0 Å². The van der Waals surface area contributed by atoms with Gasteiger partial charge in [-0.2, -0.15) is 0 Å². The third kappa shape index (κ3) is 4.33. The van der Waals surface area contributed by atoms with Crippen LogP contribution < -0.4 is 0 Å². The Bertz CT molecular complexity index is 762. The summed E-state index contributed by atoms with van der Waals surface area (Å²) < 4.78 is 26.9. The minimum absolute atomic E-state index is 0.142. The third-order valence-corrected chi connectivity index (χ3v) is 8.63. The first-order valence-electron chi connectivity index (χ1n) is 8.09. The van der Waals surface area contributed by atoms with Crippen molar-refractivity contribution < 1.29 is 23.2 Å². The van der Waals surface area contributed by atoms with Gasteiger partial charge in [-0.15, -0.1) is 4.47 Å². The van der Waals surface area contributed by atoms with E-state index in [1.165, 1.54) is 0 Å². The lowest BCUT2D eigenvalue weighted by atomic mass is 9.99. The molecular weight excluding hydrogens is 426 g/mol. The van der Waals surface area contributed by atoms with Gasteiger partial charge in [-0.1, -0.05) is 54.6 Å². The highest BCUT2D eigenvalue weighted by Gasteiger charge is 2.52. The van der Waals surface area contributed by atoms with Crippen molar-refractivity contribution in [2.24, 2.45) is 5.92 Å². The summed E-state index contributed by atoms with van der Waals surface area (Å²) in [4.78, 5) is 17.9. The van der Waals surface area contributed by atoms with Crippen molar-refractivity contribution in [3.05, 3.63) is 33.8 Å². The van der Waals surface area contributed by atoms with Gasteiger partial charge in [-0.05, 0) is 23.2 Å². The fourth-order valence-electron chi connectivity index (χ4n) is 2.68. The van der Waals surface area contributed by atoms with E-state index in [0.717, 1.165) is 6.04 Å². The maximum atomic E-state index is 12.9. The van der Waals surface area contributed by atoms with Gasteiger partial charge >= 0.3 is 0 Å². The molecule has 0 aromatic heterocycles. The normalized spacial score (nSPS) is 23.3. The number of aliphatic hydroxyl groups excluding tert-OH is 1. The largest absolute Gasteiger partial charge is 0.392 e. The van der Waals surface area contributed by atoms with Crippen LogP contribution in [0.1, 0.15) is 23.3 Å². The van der Waals surface area contributed by atoms with Gasteiger partial charge in [0.25, 0.3) is 15.9 Å². The van der Waals surface area contributed by atoms with Gasteiger partial charge in [-0.25, -0.2) is 8.42 Å². The number of nitrogens with zero attached hydrogens (tertiary/aromatic N) is 1. The first-order valence-corrected chi connectivity index (χ1v) is 14.1. The predicted molar refractivity (Wildman–Crippen MR) is 102 cm³/mol. The predicted octanol–water partition coefficient (Wildman–Crippen LogP) is 3.06. The Balaban J connectivity index is 2.30. The number of halogens is 1. The fourth-order valence-corrected chi connectivity index (χ4v) is 6.22. The van der Waals surface area contributed by atoms with Gasteiger partial charge in [0.05, 0.1) is 19.1 Å². The molecule has 1 fully saturated rings. The molecule has 0 radical (unpaired) electrons. The second-order valence-corrected chi connectivity index (χ2v) is 15.8. The van der Waals surface area contributed by atoms with Crippen molar-refractivity contribution in [1.82, 2.24) is 4.47 Å². The fraction of sp³-hybridized carbons (Fsp3) is 0.562. The molecule has 1 heterocycles. The SMILES string of the molecule is CC1C(=O)N(OCC[Si](C)(C)C)S(=O)(=O)C1c1ccc(CO)cc1Br. The zero-order valence-corrected chi connectivity index (χ0v) is 18.2. The highest BCUT2D eigenvalue weighted by Crippen LogP contribution is 2.43. The molecule has 1 N–H and O–H groups in total. The van der Waals surface area contributed by atoms with Crippen LogP contribution in [-0.4, -0.2) is 38.6 Å². The van der Waals surface area contributed by atoms with E-state index in [1.54, 1.807) is 25.1 Å². The summed E-state index contributed by atoms with van der Waals surface area (Å²) in [7, 11) is -5.36. The van der Waals surface area contributed by atoms with Crippen LogP contribution in [0.15, 0.2) is 22.7 Å². The number of sulfonamides is 1. The molecule has 1 aromatic carbocycles. The van der Waals surface area contributed by atoms with Crippen molar-refractivity contribution in [3.63, 3.8) is 0 Å². The lowest BCUT2D eigenvalue weighted by Crippen LogP contribution is -2.33. The molecule has 9 heteroatoms. The van der Waals surface area contributed by atoms with E-state index in [9.17, 15) is 18.3 Å². The molecular formula is C16H24BrNO5SSi. The van der Waals surface area contributed by atoms with Gasteiger partial charge < -0.3 is 5.11 Å². The van der Waals surface area contributed by atoms with Gasteiger partial charge in [0.1, 0.15) is 5.25 Å². The van der Waals surface area contributed by atoms with Gasteiger partial charge in [-0.3, -0.25) is 9.63 Å². The van der Waals surface area contributed by atoms with Crippen molar-refractivity contribution in [3.8, 4) is 0 Å². The number of hydroxylamine groups is 1. The maximum Gasteiger partial charge on any atom is 0.268 e. The Hall–Kier alpha value is -0.743. The van der Waals surface area contributed by atoms with E-state index in [1.807, 2.05) is 0 Å². The second kappa shape index (κ2) is 7.48. The van der Waals surface area contributed by atoms with E-state index in [4.69, 9.17) is 4.84 Å². The zero-order chi connectivity index (χ0) is 19.0. The lowest BCUT2D eigenvalue weighted by molar-refractivity contribution is -0.157. The third-order valence-electron chi connectivity index (χ3n) is 4.19. The number of aliphatic hydroxyl groups is 1. The number of benzene rings is 1. The average Bonchev–Trinajstić information content (AvgIpc) is 2.66. The summed E-state index contributed by atoms with van der Waals surface area (Å²) in [5, 5.41) is 8.20. The monoisotopic (exact) mass is 449 g/mol. The van der Waals surface area contributed by atoms with E-state index < -0.39 is 35.2 Å². The minimum Gasteiger partial charge on any atom is -0.392 e. The quantitative estimate of drug-likeness (QED) is 0.674. The average molecular weight is 450 g/mol. The van der Waals surface area contributed by atoms with Crippen LogP contribution in [0.5, 0.6) is 0 Å². The number of hydrogen-bond acceptors (Lipinski definition) is 5. The molecule has 0 saturated carbocycles. The molecule has 1 amide bonds.